The SMILES string of the molecule is Cc1ccc2cc1-c1cnn3ccc(nc13)N(C)CCN1C[C@H](C(C)C)NC[C@H]1CO2. The van der Waals surface area contributed by atoms with E-state index in [0.29, 0.717) is 24.6 Å². The van der Waals surface area contributed by atoms with Crippen molar-refractivity contribution >= 4 is 11.5 Å². The third-order valence-electron chi connectivity index (χ3n) is 6.78. The maximum atomic E-state index is 6.32. The fourth-order valence-electron chi connectivity index (χ4n) is 4.60. The standard InChI is InChI=1S/C24H32N6O/c1-16(2)22-14-29-10-9-28(4)23-7-8-30-24(27-23)21(13-26-30)20-11-19(6-5-17(20)3)31-15-18(29)12-25-22/h5-8,11,13,16,18,22,25H,9-10,12,14-15H2,1-4H3/t18-,22+/m0/s1. The van der Waals surface area contributed by atoms with E-state index in [1.165, 1.54) is 5.56 Å². The van der Waals surface area contributed by atoms with Crippen LogP contribution in [0.3, 0.4) is 0 Å². The molecule has 7 heteroatoms. The quantitative estimate of drug-likeness (QED) is 0.653. The fourth-order valence-corrected chi connectivity index (χ4v) is 4.60. The summed E-state index contributed by atoms with van der Waals surface area (Å²) >= 11 is 0. The van der Waals surface area contributed by atoms with Gasteiger partial charge in [-0.15, -0.1) is 0 Å². The Kier molecular flexibility index (Phi) is 5.32. The lowest BCUT2D eigenvalue weighted by Gasteiger charge is -2.42. The van der Waals surface area contributed by atoms with E-state index in [4.69, 9.17) is 9.72 Å². The first-order chi connectivity index (χ1) is 15.0. The van der Waals surface area contributed by atoms with Crippen LogP contribution < -0.4 is 15.0 Å². The van der Waals surface area contributed by atoms with Crippen LogP contribution in [0.25, 0.3) is 16.8 Å². The average molecular weight is 421 g/mol. The summed E-state index contributed by atoms with van der Waals surface area (Å²) in [4.78, 5) is 9.81. The number of hydrogen-bond acceptors (Lipinski definition) is 6. The number of hydrogen-bond donors (Lipinski definition) is 1. The van der Waals surface area contributed by atoms with E-state index in [9.17, 15) is 0 Å². The normalized spacial score (nSPS) is 22.4. The van der Waals surface area contributed by atoms with Crippen molar-refractivity contribution in [1.82, 2.24) is 24.8 Å². The number of rotatable bonds is 1. The number of ether oxygens (including phenoxy) is 1. The number of piperazine rings is 1. The van der Waals surface area contributed by atoms with Crippen molar-refractivity contribution in [2.45, 2.75) is 32.9 Å². The van der Waals surface area contributed by atoms with Crippen molar-refractivity contribution in [1.29, 1.82) is 0 Å². The zero-order valence-electron chi connectivity index (χ0n) is 18.9. The molecule has 0 unspecified atom stereocenters. The summed E-state index contributed by atoms with van der Waals surface area (Å²) in [5.74, 6) is 2.48. The first-order valence-corrected chi connectivity index (χ1v) is 11.3. The molecular formula is C24H32N6O. The molecule has 0 aliphatic carbocycles. The molecule has 164 valence electrons. The second-order valence-corrected chi connectivity index (χ2v) is 9.23. The maximum absolute atomic E-state index is 6.32. The van der Waals surface area contributed by atoms with E-state index in [0.717, 1.165) is 54.5 Å². The van der Waals surface area contributed by atoms with Gasteiger partial charge in [0.05, 0.1) is 12.2 Å². The van der Waals surface area contributed by atoms with Crippen LogP contribution in [0.5, 0.6) is 5.75 Å². The minimum Gasteiger partial charge on any atom is -0.492 e. The molecule has 7 nitrogen and oxygen atoms in total. The Balaban J connectivity index is 1.55. The van der Waals surface area contributed by atoms with Crippen LogP contribution in [0.2, 0.25) is 0 Å². The first-order valence-electron chi connectivity index (χ1n) is 11.3. The van der Waals surface area contributed by atoms with Gasteiger partial charge < -0.3 is 15.0 Å². The molecule has 5 rings (SSSR count). The number of nitrogens with one attached hydrogen (secondary N) is 1. The topological polar surface area (TPSA) is 57.9 Å². The zero-order valence-corrected chi connectivity index (χ0v) is 18.9. The zero-order chi connectivity index (χ0) is 21.5. The highest BCUT2D eigenvalue weighted by Gasteiger charge is 2.30. The van der Waals surface area contributed by atoms with Gasteiger partial charge >= 0.3 is 0 Å². The molecule has 0 saturated carbocycles. The number of benzene rings is 1. The van der Waals surface area contributed by atoms with Gasteiger partial charge in [-0.3, -0.25) is 4.90 Å². The largest absolute Gasteiger partial charge is 0.492 e. The molecule has 31 heavy (non-hydrogen) atoms. The number of nitrogens with zero attached hydrogens (tertiary/aromatic N) is 5. The highest BCUT2D eigenvalue weighted by molar-refractivity contribution is 5.80. The Hall–Kier alpha value is -2.64. The van der Waals surface area contributed by atoms with Gasteiger partial charge in [0, 0.05) is 51.0 Å². The monoisotopic (exact) mass is 420 g/mol. The van der Waals surface area contributed by atoms with Crippen LogP contribution in [0, 0.1) is 12.8 Å². The predicted octanol–water partition coefficient (Wildman–Crippen LogP) is 2.83. The van der Waals surface area contributed by atoms with Gasteiger partial charge in [-0.2, -0.15) is 5.10 Å². The molecule has 2 aliphatic heterocycles. The summed E-state index contributed by atoms with van der Waals surface area (Å²) < 4.78 is 8.18. The van der Waals surface area contributed by atoms with Gasteiger partial charge in [0.1, 0.15) is 18.2 Å². The number of fused-ring (bicyclic) bond motifs is 5. The number of aromatic nitrogens is 3. The van der Waals surface area contributed by atoms with Crippen molar-refractivity contribution in [3.05, 3.63) is 42.2 Å². The smallest absolute Gasteiger partial charge is 0.165 e. The van der Waals surface area contributed by atoms with Crippen molar-refractivity contribution in [3.8, 4) is 16.9 Å². The maximum Gasteiger partial charge on any atom is 0.165 e. The molecule has 1 saturated heterocycles. The van der Waals surface area contributed by atoms with Gasteiger partial charge in [-0.05, 0) is 42.2 Å². The summed E-state index contributed by atoms with van der Waals surface area (Å²) in [6, 6.07) is 9.23. The minimum atomic E-state index is 0.346. The lowest BCUT2D eigenvalue weighted by atomic mass is 9.99. The molecule has 1 fully saturated rings. The molecular weight excluding hydrogens is 388 g/mol. The molecule has 2 aromatic heterocycles. The fraction of sp³-hybridized carbons (Fsp3) is 0.500. The molecule has 4 heterocycles. The second kappa shape index (κ2) is 8.13. The lowest BCUT2D eigenvalue weighted by molar-refractivity contribution is 0.0803. The van der Waals surface area contributed by atoms with Crippen LogP contribution >= 0.6 is 0 Å². The van der Waals surface area contributed by atoms with E-state index in [1.807, 2.05) is 23.0 Å². The van der Waals surface area contributed by atoms with Crippen molar-refractivity contribution in [2.75, 3.05) is 44.7 Å². The Morgan fingerprint density at radius 3 is 2.87 bits per heavy atom. The van der Waals surface area contributed by atoms with Crippen LogP contribution in [0.15, 0.2) is 36.7 Å². The third kappa shape index (κ3) is 3.88. The Morgan fingerprint density at radius 1 is 1.16 bits per heavy atom. The predicted molar refractivity (Wildman–Crippen MR) is 124 cm³/mol. The summed E-state index contributed by atoms with van der Waals surface area (Å²) in [7, 11) is 2.13. The second-order valence-electron chi connectivity index (χ2n) is 9.23. The first kappa shape index (κ1) is 20.3. The van der Waals surface area contributed by atoms with Crippen LogP contribution in [-0.2, 0) is 0 Å². The molecule has 0 spiro atoms. The summed E-state index contributed by atoms with van der Waals surface area (Å²) in [5.41, 5.74) is 4.23. The molecule has 0 radical (unpaired) electrons. The minimum absolute atomic E-state index is 0.346. The van der Waals surface area contributed by atoms with Crippen molar-refractivity contribution in [3.63, 3.8) is 0 Å². The highest BCUT2D eigenvalue weighted by atomic mass is 16.5. The number of anilines is 1. The summed E-state index contributed by atoms with van der Waals surface area (Å²) in [6.07, 6.45) is 3.91. The third-order valence-corrected chi connectivity index (χ3v) is 6.78. The molecule has 1 N–H and O–H groups in total. The van der Waals surface area contributed by atoms with E-state index in [1.54, 1.807) is 0 Å². The van der Waals surface area contributed by atoms with E-state index in [2.05, 4.69) is 66.2 Å². The van der Waals surface area contributed by atoms with Gasteiger partial charge in [-0.1, -0.05) is 19.9 Å². The lowest BCUT2D eigenvalue weighted by Crippen LogP contribution is -2.60. The van der Waals surface area contributed by atoms with Crippen LogP contribution in [0.1, 0.15) is 19.4 Å². The number of likely N-dealkylation sites (N-methyl/N-ethyl adjacent to an activating group) is 1. The van der Waals surface area contributed by atoms with Gasteiger partial charge in [0.25, 0.3) is 0 Å². The van der Waals surface area contributed by atoms with Gasteiger partial charge in [0.2, 0.25) is 0 Å². The van der Waals surface area contributed by atoms with Gasteiger partial charge in [0.15, 0.2) is 5.65 Å². The van der Waals surface area contributed by atoms with Crippen molar-refractivity contribution < 1.29 is 4.74 Å². The number of aryl methyl sites for hydroxylation is 1. The molecule has 4 bridgehead atoms. The molecule has 2 atom stereocenters. The van der Waals surface area contributed by atoms with E-state index >= 15 is 0 Å². The van der Waals surface area contributed by atoms with Crippen molar-refractivity contribution in [2.24, 2.45) is 5.92 Å². The Morgan fingerprint density at radius 2 is 2.03 bits per heavy atom. The molecule has 0 amide bonds. The molecule has 3 aromatic rings. The van der Waals surface area contributed by atoms with E-state index < -0.39 is 0 Å². The highest BCUT2D eigenvalue weighted by Crippen LogP contribution is 2.31. The molecule has 1 aromatic carbocycles. The molecule has 2 aliphatic rings. The average Bonchev–Trinajstić information content (AvgIpc) is 3.19. The summed E-state index contributed by atoms with van der Waals surface area (Å²) in [6.45, 7) is 11.3. The van der Waals surface area contributed by atoms with Crippen LogP contribution in [-0.4, -0.2) is 71.4 Å². The Labute approximate surface area is 184 Å². The van der Waals surface area contributed by atoms with Gasteiger partial charge in [-0.25, -0.2) is 9.50 Å². The van der Waals surface area contributed by atoms with Crippen LogP contribution in [0.4, 0.5) is 5.82 Å². The Bertz CT molecular complexity index is 1080. The van der Waals surface area contributed by atoms with E-state index in [-0.39, 0.29) is 0 Å². The summed E-state index contributed by atoms with van der Waals surface area (Å²) in [5, 5.41) is 8.27.